The van der Waals surface area contributed by atoms with E-state index in [1.54, 1.807) is 7.11 Å². The van der Waals surface area contributed by atoms with Crippen LogP contribution in [0.25, 0.3) is 0 Å². The number of guanidine groups is 1. The molecule has 98 valence electrons. The maximum absolute atomic E-state index is 5.84. The third kappa shape index (κ3) is 3.74. The monoisotopic (exact) mass is 255 g/mol. The van der Waals surface area contributed by atoms with Gasteiger partial charge in [-0.05, 0) is 18.2 Å². The van der Waals surface area contributed by atoms with Crippen molar-refractivity contribution in [3.63, 3.8) is 0 Å². The molecule has 0 aliphatic heterocycles. The van der Waals surface area contributed by atoms with Gasteiger partial charge in [0.1, 0.15) is 5.75 Å². The fourth-order valence-electron chi connectivity index (χ4n) is 1.71. The van der Waals surface area contributed by atoms with Gasteiger partial charge in [-0.15, -0.1) is 0 Å². The summed E-state index contributed by atoms with van der Waals surface area (Å²) in [6.45, 7) is 0.482. The van der Waals surface area contributed by atoms with Crippen molar-refractivity contribution in [3.05, 3.63) is 60.2 Å². The summed E-state index contributed by atoms with van der Waals surface area (Å²) in [5.41, 5.74) is 7.77. The van der Waals surface area contributed by atoms with Crippen LogP contribution in [0.5, 0.6) is 5.75 Å². The molecule has 0 saturated carbocycles. The van der Waals surface area contributed by atoms with Crippen molar-refractivity contribution in [1.82, 2.24) is 0 Å². The van der Waals surface area contributed by atoms with Gasteiger partial charge in [0.15, 0.2) is 5.96 Å². The average Bonchev–Trinajstić information content (AvgIpc) is 2.46. The quantitative estimate of drug-likeness (QED) is 0.652. The normalized spacial score (nSPS) is 11.1. The molecule has 0 aliphatic rings. The van der Waals surface area contributed by atoms with Crippen LogP contribution in [0, 0.1) is 0 Å². The van der Waals surface area contributed by atoms with Crippen LogP contribution in [0.2, 0.25) is 0 Å². The molecular weight excluding hydrogens is 238 g/mol. The molecule has 0 radical (unpaired) electrons. The minimum absolute atomic E-state index is 0.386. The SMILES string of the molecule is COc1ccccc1CN=C(N)Nc1ccccc1. The van der Waals surface area contributed by atoms with Gasteiger partial charge in [-0.1, -0.05) is 36.4 Å². The molecule has 0 unspecified atom stereocenters. The molecule has 0 amide bonds. The molecule has 3 N–H and O–H groups in total. The van der Waals surface area contributed by atoms with Crippen LogP contribution < -0.4 is 15.8 Å². The van der Waals surface area contributed by atoms with Gasteiger partial charge in [0, 0.05) is 11.3 Å². The lowest BCUT2D eigenvalue weighted by atomic mass is 10.2. The van der Waals surface area contributed by atoms with Gasteiger partial charge in [-0.3, -0.25) is 0 Å². The minimum atomic E-state index is 0.386. The second-order valence-electron chi connectivity index (χ2n) is 4.00. The van der Waals surface area contributed by atoms with Gasteiger partial charge in [0.05, 0.1) is 13.7 Å². The molecule has 0 bridgehead atoms. The minimum Gasteiger partial charge on any atom is -0.496 e. The zero-order valence-electron chi connectivity index (χ0n) is 10.8. The summed E-state index contributed by atoms with van der Waals surface area (Å²) in [7, 11) is 1.65. The number of nitrogens with one attached hydrogen (secondary N) is 1. The summed E-state index contributed by atoms with van der Waals surface area (Å²) in [4.78, 5) is 4.30. The lowest BCUT2D eigenvalue weighted by Crippen LogP contribution is -2.22. The van der Waals surface area contributed by atoms with Crippen LogP contribution >= 0.6 is 0 Å². The molecule has 0 heterocycles. The summed E-state index contributed by atoms with van der Waals surface area (Å²) in [6, 6.07) is 17.5. The first-order chi connectivity index (χ1) is 9.29. The molecule has 0 spiro atoms. The highest BCUT2D eigenvalue weighted by Crippen LogP contribution is 2.17. The van der Waals surface area contributed by atoms with Crippen molar-refractivity contribution >= 4 is 11.6 Å². The molecule has 2 aromatic carbocycles. The van der Waals surface area contributed by atoms with Gasteiger partial charge in [0.25, 0.3) is 0 Å². The van der Waals surface area contributed by atoms with E-state index in [9.17, 15) is 0 Å². The Balaban J connectivity index is 2.02. The number of rotatable bonds is 4. The van der Waals surface area contributed by atoms with Crippen LogP contribution in [-0.4, -0.2) is 13.1 Å². The first-order valence-electron chi connectivity index (χ1n) is 6.03. The van der Waals surface area contributed by atoms with Gasteiger partial charge >= 0.3 is 0 Å². The number of hydrogen-bond donors (Lipinski definition) is 2. The summed E-state index contributed by atoms with van der Waals surface area (Å²) in [6.07, 6.45) is 0. The van der Waals surface area contributed by atoms with E-state index in [1.165, 1.54) is 0 Å². The van der Waals surface area contributed by atoms with E-state index in [0.717, 1.165) is 17.0 Å². The summed E-state index contributed by atoms with van der Waals surface area (Å²) >= 11 is 0. The lowest BCUT2D eigenvalue weighted by Gasteiger charge is -2.07. The Hall–Kier alpha value is -2.49. The Morgan fingerprint density at radius 3 is 2.53 bits per heavy atom. The highest BCUT2D eigenvalue weighted by Gasteiger charge is 2.00. The van der Waals surface area contributed by atoms with Crippen molar-refractivity contribution in [2.24, 2.45) is 10.7 Å². The number of anilines is 1. The molecule has 0 atom stereocenters. The van der Waals surface area contributed by atoms with Gasteiger partial charge in [0.2, 0.25) is 0 Å². The zero-order chi connectivity index (χ0) is 13.5. The van der Waals surface area contributed by atoms with E-state index >= 15 is 0 Å². The van der Waals surface area contributed by atoms with Crippen LogP contribution in [-0.2, 0) is 6.54 Å². The first kappa shape index (κ1) is 13.0. The Morgan fingerprint density at radius 1 is 1.11 bits per heavy atom. The molecule has 0 aliphatic carbocycles. The highest BCUT2D eigenvalue weighted by molar-refractivity contribution is 5.92. The average molecular weight is 255 g/mol. The zero-order valence-corrected chi connectivity index (χ0v) is 10.8. The summed E-state index contributed by atoms with van der Waals surface area (Å²) < 4.78 is 5.27. The fourth-order valence-corrected chi connectivity index (χ4v) is 1.71. The van der Waals surface area contributed by atoms with Crippen molar-refractivity contribution in [3.8, 4) is 5.75 Å². The number of aliphatic imine (C=N–C) groups is 1. The van der Waals surface area contributed by atoms with Gasteiger partial charge < -0.3 is 15.8 Å². The smallest absolute Gasteiger partial charge is 0.193 e. The molecule has 2 aromatic rings. The largest absolute Gasteiger partial charge is 0.496 e. The highest BCUT2D eigenvalue weighted by atomic mass is 16.5. The number of nitrogens with zero attached hydrogens (tertiary/aromatic N) is 1. The number of benzene rings is 2. The number of hydrogen-bond acceptors (Lipinski definition) is 2. The van der Waals surface area contributed by atoms with Crippen LogP contribution in [0.4, 0.5) is 5.69 Å². The number of nitrogens with two attached hydrogens (primary N) is 1. The van der Waals surface area contributed by atoms with Gasteiger partial charge in [-0.25, -0.2) is 4.99 Å². The molecule has 4 nitrogen and oxygen atoms in total. The predicted molar refractivity (Wildman–Crippen MR) is 78.4 cm³/mol. The number of methoxy groups -OCH3 is 1. The Bertz CT molecular complexity index is 552. The maximum atomic E-state index is 5.84. The molecule has 19 heavy (non-hydrogen) atoms. The molecule has 0 saturated heterocycles. The standard InChI is InChI=1S/C15H17N3O/c1-19-14-10-6-5-7-12(14)11-17-15(16)18-13-8-3-2-4-9-13/h2-10H,11H2,1H3,(H3,16,17,18). The predicted octanol–water partition coefficient (Wildman–Crippen LogP) is 2.62. The molecule has 4 heteroatoms. The van der Waals surface area contributed by atoms with Gasteiger partial charge in [-0.2, -0.15) is 0 Å². The molecule has 2 rings (SSSR count). The molecular formula is C15H17N3O. The second-order valence-corrected chi connectivity index (χ2v) is 4.00. The Labute approximate surface area is 112 Å². The summed E-state index contributed by atoms with van der Waals surface area (Å²) in [5, 5.41) is 3.04. The van der Waals surface area contributed by atoms with Crippen LogP contribution in [0.3, 0.4) is 0 Å². The van der Waals surface area contributed by atoms with E-state index in [4.69, 9.17) is 10.5 Å². The third-order valence-corrected chi connectivity index (χ3v) is 2.66. The van der Waals surface area contributed by atoms with E-state index in [2.05, 4.69) is 10.3 Å². The topological polar surface area (TPSA) is 59.6 Å². The molecule has 0 fully saturated rings. The third-order valence-electron chi connectivity index (χ3n) is 2.66. The first-order valence-corrected chi connectivity index (χ1v) is 6.03. The second kappa shape index (κ2) is 6.44. The van der Waals surface area contributed by atoms with E-state index in [0.29, 0.717) is 12.5 Å². The maximum Gasteiger partial charge on any atom is 0.193 e. The van der Waals surface area contributed by atoms with E-state index in [1.807, 2.05) is 54.6 Å². The Morgan fingerprint density at radius 2 is 1.79 bits per heavy atom. The fraction of sp³-hybridized carbons (Fsp3) is 0.133. The van der Waals surface area contributed by atoms with Crippen molar-refractivity contribution in [2.75, 3.05) is 12.4 Å². The van der Waals surface area contributed by atoms with Crippen LogP contribution in [0.1, 0.15) is 5.56 Å². The molecule has 0 aromatic heterocycles. The summed E-state index contributed by atoms with van der Waals surface area (Å²) in [5.74, 6) is 1.20. The van der Waals surface area contributed by atoms with Crippen LogP contribution in [0.15, 0.2) is 59.6 Å². The number of ether oxygens (including phenoxy) is 1. The van der Waals surface area contributed by atoms with Crippen molar-refractivity contribution in [2.45, 2.75) is 6.54 Å². The lowest BCUT2D eigenvalue weighted by molar-refractivity contribution is 0.410. The number of para-hydroxylation sites is 2. The Kier molecular flexibility index (Phi) is 4.39. The van der Waals surface area contributed by atoms with E-state index in [-0.39, 0.29) is 0 Å². The van der Waals surface area contributed by atoms with E-state index < -0.39 is 0 Å². The van der Waals surface area contributed by atoms with Crippen molar-refractivity contribution < 1.29 is 4.74 Å². The van der Waals surface area contributed by atoms with Crippen molar-refractivity contribution in [1.29, 1.82) is 0 Å².